The van der Waals surface area contributed by atoms with Crippen molar-refractivity contribution in [3.05, 3.63) is 36.5 Å². The molecule has 294 valence electrons. The van der Waals surface area contributed by atoms with Gasteiger partial charge in [0.2, 0.25) is 5.91 Å². The Labute approximate surface area is 309 Å². The molecule has 0 aromatic carbocycles. The number of rotatable bonds is 38. The molecule has 0 radical (unpaired) electrons. The van der Waals surface area contributed by atoms with E-state index in [1.165, 1.54) is 135 Å². The zero-order chi connectivity index (χ0) is 36.8. The van der Waals surface area contributed by atoms with Crippen LogP contribution in [0.2, 0.25) is 0 Å². The van der Waals surface area contributed by atoms with E-state index in [2.05, 4.69) is 55.6 Å². The molecule has 0 aliphatic rings. The van der Waals surface area contributed by atoms with E-state index < -0.39 is 36.9 Å². The van der Waals surface area contributed by atoms with Crippen molar-refractivity contribution in [1.82, 2.24) is 5.32 Å². The monoisotopic (exact) mass is 706 g/mol. The Morgan fingerprint density at radius 2 is 0.880 bits per heavy atom. The maximum atomic E-state index is 12.4. The van der Waals surface area contributed by atoms with Crippen LogP contribution in [-0.4, -0.2) is 57.3 Å². The summed E-state index contributed by atoms with van der Waals surface area (Å²) in [4.78, 5) is 12.4. The fourth-order valence-electron chi connectivity index (χ4n) is 6.37. The summed E-state index contributed by atoms with van der Waals surface area (Å²) in [6, 6.07) is -1.00. The quantitative estimate of drug-likeness (QED) is 0.0324. The average molecular weight is 706 g/mol. The molecule has 0 aliphatic carbocycles. The summed E-state index contributed by atoms with van der Waals surface area (Å²) in [5.41, 5.74) is 0. The molecule has 0 bridgehead atoms. The third-order valence-electron chi connectivity index (χ3n) is 9.82. The number of carbonyl (C=O) groups is 1. The SMILES string of the molecule is CCCCC/C=C/CCCC(O)C(O)C(CO)NC(=O)C(O)CCCCCCCCCCCC/C=C\C/C=C\CCCCCCCCCCC. The Morgan fingerprint density at radius 3 is 1.36 bits per heavy atom. The van der Waals surface area contributed by atoms with Gasteiger partial charge in [-0.25, -0.2) is 0 Å². The molecule has 0 aliphatic heterocycles. The second-order valence-electron chi connectivity index (χ2n) is 14.7. The first kappa shape index (κ1) is 48.5. The van der Waals surface area contributed by atoms with Crippen LogP contribution in [0.1, 0.15) is 206 Å². The fraction of sp³-hybridized carbons (Fsp3) is 0.841. The number of nitrogens with one attached hydrogen (secondary N) is 1. The lowest BCUT2D eigenvalue weighted by Gasteiger charge is -2.27. The Balaban J connectivity index is 3.67. The van der Waals surface area contributed by atoms with Crippen molar-refractivity contribution < 1.29 is 25.2 Å². The molecule has 4 atom stereocenters. The molecule has 0 aromatic heterocycles. The maximum absolute atomic E-state index is 12.4. The summed E-state index contributed by atoms with van der Waals surface area (Å²) in [5, 5.41) is 43.3. The van der Waals surface area contributed by atoms with Crippen LogP contribution in [0.15, 0.2) is 36.5 Å². The first-order valence-corrected chi connectivity index (χ1v) is 21.4. The Hall–Kier alpha value is -1.47. The Morgan fingerprint density at radius 1 is 0.500 bits per heavy atom. The third kappa shape index (κ3) is 32.4. The highest BCUT2D eigenvalue weighted by Gasteiger charge is 2.28. The zero-order valence-electron chi connectivity index (χ0n) is 32.9. The summed E-state index contributed by atoms with van der Waals surface area (Å²) < 4.78 is 0. The normalized spacial score (nSPS) is 14.6. The molecule has 4 unspecified atom stereocenters. The predicted molar refractivity (Wildman–Crippen MR) is 214 cm³/mol. The lowest BCUT2D eigenvalue weighted by atomic mass is 10.00. The molecule has 6 heteroatoms. The highest BCUT2D eigenvalue weighted by Crippen LogP contribution is 2.15. The molecule has 0 saturated carbocycles. The smallest absolute Gasteiger partial charge is 0.249 e. The van der Waals surface area contributed by atoms with Crippen molar-refractivity contribution in [2.24, 2.45) is 0 Å². The van der Waals surface area contributed by atoms with Gasteiger partial charge in [0.1, 0.15) is 12.2 Å². The largest absolute Gasteiger partial charge is 0.394 e. The first-order chi connectivity index (χ1) is 24.5. The van der Waals surface area contributed by atoms with Crippen LogP contribution in [-0.2, 0) is 4.79 Å². The van der Waals surface area contributed by atoms with E-state index in [1.54, 1.807) is 0 Å². The van der Waals surface area contributed by atoms with Crippen molar-refractivity contribution in [2.75, 3.05) is 6.61 Å². The molecular formula is C44H83NO5. The summed E-state index contributed by atoms with van der Waals surface area (Å²) in [6.45, 7) is 3.97. The van der Waals surface area contributed by atoms with Gasteiger partial charge in [0.25, 0.3) is 0 Å². The number of allylic oxidation sites excluding steroid dienone is 6. The number of hydrogen-bond donors (Lipinski definition) is 5. The molecule has 0 saturated heterocycles. The standard InChI is InChI=1S/C44H83NO5/c1-3-5-7-9-11-13-14-15-16-17-18-19-20-21-22-23-24-25-26-27-28-29-30-32-34-36-38-42(48)44(50)45-40(39-46)43(49)41(47)37-35-33-31-12-10-8-6-4-2/h12,18-19,21-22,31,40-43,46-49H,3-11,13-17,20,23-30,32-39H2,1-2H3,(H,45,50)/b19-18-,22-21-,31-12+. The topological polar surface area (TPSA) is 110 Å². The molecule has 1 amide bonds. The summed E-state index contributed by atoms with van der Waals surface area (Å²) >= 11 is 0. The number of aliphatic hydroxyl groups excluding tert-OH is 4. The minimum Gasteiger partial charge on any atom is -0.394 e. The first-order valence-electron chi connectivity index (χ1n) is 21.4. The van der Waals surface area contributed by atoms with E-state index in [9.17, 15) is 25.2 Å². The van der Waals surface area contributed by atoms with Crippen molar-refractivity contribution in [3.8, 4) is 0 Å². The highest BCUT2D eigenvalue weighted by atomic mass is 16.3. The second kappa shape index (κ2) is 38.8. The number of amides is 1. The van der Waals surface area contributed by atoms with Gasteiger partial charge in [-0.3, -0.25) is 4.79 Å². The van der Waals surface area contributed by atoms with E-state index in [-0.39, 0.29) is 0 Å². The minimum atomic E-state index is -1.28. The molecular weight excluding hydrogens is 622 g/mol. The van der Waals surface area contributed by atoms with E-state index in [0.29, 0.717) is 19.3 Å². The van der Waals surface area contributed by atoms with Crippen molar-refractivity contribution in [3.63, 3.8) is 0 Å². The Bertz CT molecular complexity index is 797. The Kier molecular flexibility index (Phi) is 37.6. The molecule has 0 spiro atoms. The number of aliphatic hydroxyl groups is 4. The zero-order valence-corrected chi connectivity index (χ0v) is 32.9. The lowest BCUT2D eigenvalue weighted by molar-refractivity contribution is -0.132. The van der Waals surface area contributed by atoms with Gasteiger partial charge in [-0.2, -0.15) is 0 Å². The van der Waals surface area contributed by atoms with Gasteiger partial charge in [0, 0.05) is 0 Å². The lowest BCUT2D eigenvalue weighted by Crippen LogP contribution is -2.53. The molecule has 5 N–H and O–H groups in total. The van der Waals surface area contributed by atoms with Gasteiger partial charge in [-0.15, -0.1) is 0 Å². The second-order valence-corrected chi connectivity index (χ2v) is 14.7. The van der Waals surface area contributed by atoms with Gasteiger partial charge >= 0.3 is 0 Å². The van der Waals surface area contributed by atoms with Gasteiger partial charge in [-0.05, 0) is 70.6 Å². The molecule has 0 heterocycles. The van der Waals surface area contributed by atoms with Crippen LogP contribution in [0.3, 0.4) is 0 Å². The van der Waals surface area contributed by atoms with Crippen LogP contribution in [0, 0.1) is 0 Å². The predicted octanol–water partition coefficient (Wildman–Crippen LogP) is 11.0. The van der Waals surface area contributed by atoms with Gasteiger partial charge < -0.3 is 25.7 Å². The van der Waals surface area contributed by atoms with Gasteiger partial charge in [0.05, 0.1) is 18.8 Å². The van der Waals surface area contributed by atoms with Crippen LogP contribution in [0.25, 0.3) is 0 Å². The molecule has 6 nitrogen and oxygen atoms in total. The highest BCUT2D eigenvalue weighted by molar-refractivity contribution is 5.80. The van der Waals surface area contributed by atoms with Crippen molar-refractivity contribution in [2.45, 2.75) is 231 Å². The fourth-order valence-corrected chi connectivity index (χ4v) is 6.37. The van der Waals surface area contributed by atoms with Crippen molar-refractivity contribution in [1.29, 1.82) is 0 Å². The maximum Gasteiger partial charge on any atom is 0.249 e. The minimum absolute atomic E-state index is 0.358. The van der Waals surface area contributed by atoms with Crippen LogP contribution < -0.4 is 5.32 Å². The van der Waals surface area contributed by atoms with E-state index in [4.69, 9.17) is 0 Å². The average Bonchev–Trinajstić information content (AvgIpc) is 3.12. The van der Waals surface area contributed by atoms with Crippen LogP contribution in [0.4, 0.5) is 0 Å². The van der Waals surface area contributed by atoms with Crippen LogP contribution >= 0.6 is 0 Å². The third-order valence-corrected chi connectivity index (χ3v) is 9.82. The molecule has 0 aromatic rings. The number of hydrogen-bond acceptors (Lipinski definition) is 5. The van der Waals surface area contributed by atoms with Gasteiger partial charge in [0.15, 0.2) is 0 Å². The summed E-state index contributed by atoms with van der Waals surface area (Å²) in [6.07, 6.45) is 44.9. The summed E-state index contributed by atoms with van der Waals surface area (Å²) in [7, 11) is 0. The molecule has 50 heavy (non-hydrogen) atoms. The molecule has 0 fully saturated rings. The molecule has 0 rings (SSSR count). The van der Waals surface area contributed by atoms with Gasteiger partial charge in [-0.1, -0.05) is 172 Å². The summed E-state index contributed by atoms with van der Waals surface area (Å²) in [5.74, 6) is -0.600. The van der Waals surface area contributed by atoms with E-state index in [0.717, 1.165) is 38.5 Å². The van der Waals surface area contributed by atoms with Crippen LogP contribution in [0.5, 0.6) is 0 Å². The number of unbranched alkanes of at least 4 members (excludes halogenated alkanes) is 23. The van der Waals surface area contributed by atoms with E-state index >= 15 is 0 Å². The number of carbonyl (C=O) groups excluding carboxylic acids is 1. The van der Waals surface area contributed by atoms with E-state index in [1.807, 2.05) is 0 Å². The van der Waals surface area contributed by atoms with Crippen molar-refractivity contribution >= 4 is 5.91 Å².